The fraction of sp³-hybridized carbons (Fsp3) is 0. The van der Waals surface area contributed by atoms with E-state index in [1.807, 2.05) is 60.7 Å². The molecule has 0 N–H and O–H groups in total. The molecule has 0 aliphatic rings. The second-order valence-electron chi connectivity index (χ2n) is 4.13. The van der Waals surface area contributed by atoms with E-state index in [-0.39, 0.29) is 0 Å². The van der Waals surface area contributed by atoms with Crippen molar-refractivity contribution in [1.29, 1.82) is 0 Å². The molecule has 2 aromatic carbocycles. The topological polar surface area (TPSA) is 25.8 Å². The zero-order chi connectivity index (χ0) is 13.8. The molecule has 98 valence electrons. The molecule has 0 fully saturated rings. The van der Waals surface area contributed by atoms with Crippen LogP contribution in [0, 0.1) is 0 Å². The molecular weight excluding hydrogens is 288 g/mol. The molecule has 4 heteroatoms. The fourth-order valence-electron chi connectivity index (χ4n) is 1.77. The minimum Gasteiger partial charge on any atom is -0.221 e. The molecule has 0 unspecified atom stereocenters. The number of aromatic nitrogens is 2. The van der Waals surface area contributed by atoms with Crippen LogP contribution in [0.3, 0.4) is 0 Å². The van der Waals surface area contributed by atoms with Crippen LogP contribution in [-0.2, 0) is 0 Å². The Kier molecular flexibility index (Phi) is 4.00. The highest BCUT2D eigenvalue weighted by Crippen LogP contribution is 2.29. The molecule has 0 amide bonds. The number of hydrogen-bond acceptors (Lipinski definition) is 3. The Hall–Kier alpha value is -1.84. The van der Waals surface area contributed by atoms with Crippen molar-refractivity contribution in [3.8, 4) is 11.4 Å². The molecular formula is C16H11ClN2S. The molecule has 0 saturated heterocycles. The second-order valence-corrected chi connectivity index (χ2v) is 5.61. The van der Waals surface area contributed by atoms with Gasteiger partial charge in [-0.1, -0.05) is 71.9 Å². The van der Waals surface area contributed by atoms with Gasteiger partial charge in [0.25, 0.3) is 0 Å². The van der Waals surface area contributed by atoms with E-state index < -0.39 is 0 Å². The van der Waals surface area contributed by atoms with E-state index in [1.165, 1.54) is 0 Å². The highest BCUT2D eigenvalue weighted by Gasteiger charge is 2.06. The molecule has 20 heavy (non-hydrogen) atoms. The number of rotatable bonds is 3. The van der Waals surface area contributed by atoms with Gasteiger partial charge in [0.2, 0.25) is 0 Å². The summed E-state index contributed by atoms with van der Waals surface area (Å²) in [6, 6.07) is 21.7. The lowest BCUT2D eigenvalue weighted by molar-refractivity contribution is 1.06. The van der Waals surface area contributed by atoms with Crippen LogP contribution in [0.25, 0.3) is 11.4 Å². The Morgan fingerprint density at radius 2 is 1.45 bits per heavy atom. The van der Waals surface area contributed by atoms with Crippen LogP contribution in [0.1, 0.15) is 0 Å². The average molecular weight is 299 g/mol. The van der Waals surface area contributed by atoms with Crippen LogP contribution in [0.4, 0.5) is 0 Å². The van der Waals surface area contributed by atoms with Gasteiger partial charge in [-0.2, -0.15) is 0 Å². The predicted octanol–water partition coefficient (Wildman–Crippen LogP) is 4.95. The van der Waals surface area contributed by atoms with Gasteiger partial charge >= 0.3 is 0 Å². The first-order valence-corrected chi connectivity index (χ1v) is 7.33. The van der Waals surface area contributed by atoms with Gasteiger partial charge in [-0.3, -0.25) is 0 Å². The third kappa shape index (κ3) is 3.18. The van der Waals surface area contributed by atoms with Gasteiger partial charge in [-0.15, -0.1) is 0 Å². The van der Waals surface area contributed by atoms with Gasteiger partial charge in [0.15, 0.2) is 5.82 Å². The third-order valence-electron chi connectivity index (χ3n) is 2.67. The molecule has 0 bridgehead atoms. The maximum atomic E-state index is 6.10. The summed E-state index contributed by atoms with van der Waals surface area (Å²) in [5, 5.41) is 1.30. The van der Waals surface area contributed by atoms with E-state index in [9.17, 15) is 0 Å². The van der Waals surface area contributed by atoms with E-state index >= 15 is 0 Å². The molecule has 0 aliphatic heterocycles. The van der Waals surface area contributed by atoms with Gasteiger partial charge in [-0.25, -0.2) is 9.97 Å². The van der Waals surface area contributed by atoms with Gasteiger partial charge < -0.3 is 0 Å². The minimum atomic E-state index is 0.456. The Balaban J connectivity index is 1.95. The van der Waals surface area contributed by atoms with E-state index in [4.69, 9.17) is 11.6 Å². The Labute approximate surface area is 126 Å². The molecule has 0 spiro atoms. The standard InChI is InChI=1S/C16H11ClN2S/c17-14-11-15(20-13-9-5-2-6-10-13)19-16(18-14)12-7-3-1-4-8-12/h1-11H. The first-order chi connectivity index (χ1) is 9.81. The van der Waals surface area contributed by atoms with Crippen molar-refractivity contribution in [2.24, 2.45) is 0 Å². The quantitative estimate of drug-likeness (QED) is 0.640. The lowest BCUT2D eigenvalue weighted by Gasteiger charge is -2.05. The summed E-state index contributed by atoms with van der Waals surface area (Å²) in [4.78, 5) is 9.98. The molecule has 2 nitrogen and oxygen atoms in total. The molecule has 0 saturated carbocycles. The maximum absolute atomic E-state index is 6.10. The van der Waals surface area contributed by atoms with Crippen molar-refractivity contribution in [2.75, 3.05) is 0 Å². The monoisotopic (exact) mass is 298 g/mol. The van der Waals surface area contributed by atoms with Crippen molar-refractivity contribution in [3.05, 3.63) is 71.9 Å². The molecule has 1 aromatic heterocycles. The predicted molar refractivity (Wildman–Crippen MR) is 83.0 cm³/mol. The summed E-state index contributed by atoms with van der Waals surface area (Å²) in [5.41, 5.74) is 0.963. The summed E-state index contributed by atoms with van der Waals surface area (Å²) in [7, 11) is 0. The van der Waals surface area contributed by atoms with Crippen molar-refractivity contribution in [1.82, 2.24) is 9.97 Å². The maximum Gasteiger partial charge on any atom is 0.162 e. The fourth-order valence-corrected chi connectivity index (χ4v) is 2.86. The highest BCUT2D eigenvalue weighted by atomic mass is 35.5. The lowest BCUT2D eigenvalue weighted by Crippen LogP contribution is -1.91. The van der Waals surface area contributed by atoms with Crippen molar-refractivity contribution < 1.29 is 0 Å². The smallest absolute Gasteiger partial charge is 0.162 e. The van der Waals surface area contributed by atoms with Crippen LogP contribution in [0.15, 0.2) is 76.7 Å². The SMILES string of the molecule is Clc1cc(Sc2ccccc2)nc(-c2ccccc2)n1. The number of hydrogen-bond donors (Lipinski definition) is 0. The van der Waals surface area contributed by atoms with E-state index in [2.05, 4.69) is 9.97 Å². The first-order valence-electron chi connectivity index (χ1n) is 6.14. The van der Waals surface area contributed by atoms with Crippen molar-refractivity contribution >= 4 is 23.4 Å². The second kappa shape index (κ2) is 6.07. The van der Waals surface area contributed by atoms with E-state index in [0.717, 1.165) is 15.5 Å². The normalized spacial score (nSPS) is 10.4. The van der Waals surface area contributed by atoms with Gasteiger partial charge in [0.1, 0.15) is 10.2 Å². The summed E-state index contributed by atoms with van der Waals surface area (Å²) >= 11 is 7.68. The Bertz CT molecular complexity index is 702. The summed E-state index contributed by atoms with van der Waals surface area (Å²) < 4.78 is 0. The highest BCUT2D eigenvalue weighted by molar-refractivity contribution is 7.99. The minimum absolute atomic E-state index is 0.456. The number of benzene rings is 2. The zero-order valence-electron chi connectivity index (χ0n) is 10.5. The molecule has 0 atom stereocenters. The summed E-state index contributed by atoms with van der Waals surface area (Å²) in [5.74, 6) is 0.650. The Morgan fingerprint density at radius 1 is 0.800 bits per heavy atom. The van der Waals surface area contributed by atoms with Crippen LogP contribution >= 0.6 is 23.4 Å². The van der Waals surface area contributed by atoms with Crippen LogP contribution in [0.5, 0.6) is 0 Å². The summed E-state index contributed by atoms with van der Waals surface area (Å²) in [6.07, 6.45) is 0. The van der Waals surface area contributed by atoms with E-state index in [0.29, 0.717) is 11.0 Å². The largest absolute Gasteiger partial charge is 0.221 e. The molecule has 0 radical (unpaired) electrons. The third-order valence-corrected chi connectivity index (χ3v) is 3.79. The molecule has 3 rings (SSSR count). The van der Waals surface area contributed by atoms with E-state index in [1.54, 1.807) is 17.8 Å². The van der Waals surface area contributed by atoms with Crippen LogP contribution in [0.2, 0.25) is 5.15 Å². The van der Waals surface area contributed by atoms with Crippen LogP contribution in [-0.4, -0.2) is 9.97 Å². The summed E-state index contributed by atoms with van der Waals surface area (Å²) in [6.45, 7) is 0. The first kappa shape index (κ1) is 13.2. The van der Waals surface area contributed by atoms with Gasteiger partial charge in [0.05, 0.1) is 0 Å². The van der Waals surface area contributed by atoms with Crippen molar-refractivity contribution in [3.63, 3.8) is 0 Å². The molecule has 0 aliphatic carbocycles. The molecule has 1 heterocycles. The Morgan fingerprint density at radius 3 is 2.15 bits per heavy atom. The van der Waals surface area contributed by atoms with Crippen LogP contribution < -0.4 is 0 Å². The molecule has 3 aromatic rings. The zero-order valence-corrected chi connectivity index (χ0v) is 12.1. The van der Waals surface area contributed by atoms with Gasteiger partial charge in [0, 0.05) is 16.5 Å². The lowest BCUT2D eigenvalue weighted by atomic mass is 10.2. The number of halogens is 1. The number of nitrogens with zero attached hydrogens (tertiary/aromatic N) is 2. The van der Waals surface area contributed by atoms with Gasteiger partial charge in [-0.05, 0) is 12.1 Å². The van der Waals surface area contributed by atoms with Crippen molar-refractivity contribution in [2.45, 2.75) is 9.92 Å². The average Bonchev–Trinajstić information content (AvgIpc) is 2.49.